The van der Waals surface area contributed by atoms with Crippen LogP contribution in [0.1, 0.15) is 45.7 Å². The van der Waals surface area contributed by atoms with Gasteiger partial charge in [0.25, 0.3) is 0 Å². The van der Waals surface area contributed by atoms with Crippen LogP contribution in [-0.2, 0) is 27.3 Å². The minimum Gasteiger partial charge on any atom is -0.459 e. The molecule has 33 heavy (non-hydrogen) atoms. The lowest BCUT2D eigenvalue weighted by Crippen LogP contribution is -2.54. The molecule has 0 aromatic heterocycles. The number of hydrogen-bond donors (Lipinski definition) is 2. The van der Waals surface area contributed by atoms with Gasteiger partial charge in [-0.1, -0.05) is 86.7 Å². The number of amides is 1. The highest BCUT2D eigenvalue weighted by Crippen LogP contribution is 2.12. The van der Waals surface area contributed by atoms with Crippen LogP contribution in [0.5, 0.6) is 0 Å². The molecule has 0 bridgehead atoms. The van der Waals surface area contributed by atoms with Gasteiger partial charge in [-0.15, -0.1) is 0 Å². The molecular weight excluding hydrogens is 436 g/mol. The van der Waals surface area contributed by atoms with Gasteiger partial charge in [-0.2, -0.15) is 0 Å². The quantitative estimate of drug-likeness (QED) is 0.405. The van der Waals surface area contributed by atoms with E-state index in [0.29, 0.717) is 11.4 Å². The van der Waals surface area contributed by atoms with Crippen molar-refractivity contribution >= 4 is 29.3 Å². The number of benzene rings is 2. The van der Waals surface area contributed by atoms with Crippen molar-refractivity contribution in [2.75, 3.05) is 0 Å². The molecule has 0 aliphatic rings. The van der Waals surface area contributed by atoms with Crippen molar-refractivity contribution < 1.29 is 19.1 Å². The molecular formula is C26H34N2O4S. The first-order chi connectivity index (χ1) is 15.5. The van der Waals surface area contributed by atoms with Crippen molar-refractivity contribution in [1.29, 1.82) is 0 Å². The maximum Gasteiger partial charge on any atom is 0.408 e. The van der Waals surface area contributed by atoms with Crippen LogP contribution >= 0.6 is 12.2 Å². The van der Waals surface area contributed by atoms with Crippen LogP contribution in [-0.4, -0.2) is 34.7 Å². The molecule has 0 spiro atoms. The smallest absolute Gasteiger partial charge is 0.408 e. The molecule has 178 valence electrons. The molecule has 2 aromatic carbocycles. The zero-order valence-electron chi connectivity index (χ0n) is 20.0. The van der Waals surface area contributed by atoms with E-state index >= 15 is 0 Å². The average Bonchev–Trinajstić information content (AvgIpc) is 2.75. The fourth-order valence-corrected chi connectivity index (χ4v) is 3.35. The number of carbonyl (C=O) groups is 2. The number of nitrogens with one attached hydrogen (secondary N) is 2. The molecule has 2 N–H and O–H groups in total. The number of ether oxygens (including phenoxy) is 2. The van der Waals surface area contributed by atoms with Crippen LogP contribution in [0.2, 0.25) is 0 Å². The Morgan fingerprint density at radius 1 is 0.909 bits per heavy atom. The predicted octanol–water partition coefficient (Wildman–Crippen LogP) is 4.81. The Morgan fingerprint density at radius 2 is 1.45 bits per heavy atom. The fourth-order valence-electron chi connectivity index (χ4n) is 3.08. The van der Waals surface area contributed by atoms with Gasteiger partial charge in [0.1, 0.15) is 18.2 Å². The maximum absolute atomic E-state index is 12.8. The molecule has 7 heteroatoms. The summed E-state index contributed by atoms with van der Waals surface area (Å²) in [5.74, 6) is -0.475. The molecule has 0 heterocycles. The molecule has 0 aliphatic carbocycles. The SMILES string of the molecule is CC(C)[C@H](NC(=S)[C@@H](Cc1ccccc1)NC(=O)OC(C)(C)C)C(=O)OCc1ccccc1. The number of carbonyl (C=O) groups excluding carboxylic acids is 2. The topological polar surface area (TPSA) is 76.7 Å². The van der Waals surface area contributed by atoms with E-state index in [9.17, 15) is 9.59 Å². The highest BCUT2D eigenvalue weighted by atomic mass is 32.1. The number of alkyl carbamates (subject to hydrolysis) is 1. The minimum absolute atomic E-state index is 0.0786. The molecule has 0 saturated carbocycles. The first-order valence-corrected chi connectivity index (χ1v) is 11.5. The van der Waals surface area contributed by atoms with Gasteiger partial charge in [-0.25, -0.2) is 9.59 Å². The standard InChI is InChI=1S/C26H34N2O4S/c1-18(2)22(24(29)31-17-20-14-10-7-11-15-20)28-23(33)21(16-19-12-8-6-9-13-19)27-25(30)32-26(3,4)5/h6-15,18,21-22H,16-17H2,1-5H3,(H,27,30)(H,28,33)/t21-,22+/m1/s1. The Labute approximate surface area is 202 Å². The van der Waals surface area contributed by atoms with E-state index < -0.39 is 29.7 Å². The summed E-state index contributed by atoms with van der Waals surface area (Å²) in [7, 11) is 0. The van der Waals surface area contributed by atoms with Gasteiger partial charge in [0.05, 0.1) is 11.0 Å². The highest BCUT2D eigenvalue weighted by molar-refractivity contribution is 7.80. The second-order valence-electron chi connectivity index (χ2n) is 9.21. The monoisotopic (exact) mass is 470 g/mol. The summed E-state index contributed by atoms with van der Waals surface area (Å²) in [4.78, 5) is 25.6. The van der Waals surface area contributed by atoms with Gasteiger partial charge in [0.15, 0.2) is 0 Å². The van der Waals surface area contributed by atoms with E-state index in [0.717, 1.165) is 11.1 Å². The molecule has 0 aliphatic heterocycles. The summed E-state index contributed by atoms with van der Waals surface area (Å²) in [5.41, 5.74) is 1.26. The van der Waals surface area contributed by atoms with E-state index in [1.165, 1.54) is 0 Å². The van der Waals surface area contributed by atoms with Crippen LogP contribution in [0, 0.1) is 5.92 Å². The molecule has 2 aromatic rings. The van der Waals surface area contributed by atoms with Crippen molar-refractivity contribution in [3.63, 3.8) is 0 Å². The van der Waals surface area contributed by atoms with Crippen molar-refractivity contribution in [2.24, 2.45) is 5.92 Å². The highest BCUT2D eigenvalue weighted by Gasteiger charge is 2.29. The van der Waals surface area contributed by atoms with Crippen molar-refractivity contribution in [3.05, 3.63) is 71.8 Å². The van der Waals surface area contributed by atoms with Gasteiger partial charge in [-0.3, -0.25) is 0 Å². The lowest BCUT2D eigenvalue weighted by Gasteiger charge is -2.28. The molecule has 0 radical (unpaired) electrons. The van der Waals surface area contributed by atoms with Gasteiger partial charge in [0.2, 0.25) is 0 Å². The van der Waals surface area contributed by atoms with Gasteiger partial charge in [0, 0.05) is 0 Å². The van der Waals surface area contributed by atoms with Crippen molar-refractivity contribution in [3.8, 4) is 0 Å². The molecule has 0 fully saturated rings. The third-order valence-corrected chi connectivity index (χ3v) is 5.13. The molecule has 6 nitrogen and oxygen atoms in total. The van der Waals surface area contributed by atoms with Gasteiger partial charge < -0.3 is 20.1 Å². The molecule has 0 unspecified atom stereocenters. The zero-order chi connectivity index (χ0) is 24.4. The van der Waals surface area contributed by atoms with Crippen molar-refractivity contribution in [1.82, 2.24) is 10.6 Å². The third-order valence-electron chi connectivity index (χ3n) is 4.73. The molecule has 1 amide bonds. The minimum atomic E-state index is -0.653. The van der Waals surface area contributed by atoms with E-state index in [-0.39, 0.29) is 12.5 Å². The summed E-state index contributed by atoms with van der Waals surface area (Å²) in [6.07, 6.45) is -0.115. The second-order valence-corrected chi connectivity index (χ2v) is 9.65. The summed E-state index contributed by atoms with van der Waals surface area (Å²) >= 11 is 5.64. The van der Waals surface area contributed by atoms with Crippen LogP contribution < -0.4 is 10.6 Å². The van der Waals surface area contributed by atoms with Crippen LogP contribution in [0.4, 0.5) is 4.79 Å². The van der Waals surface area contributed by atoms with Crippen molar-refractivity contribution in [2.45, 2.75) is 65.3 Å². The van der Waals surface area contributed by atoms with E-state index in [1.807, 2.05) is 74.5 Å². The fraction of sp³-hybridized carbons (Fsp3) is 0.423. The summed E-state index contributed by atoms with van der Waals surface area (Å²) < 4.78 is 10.9. The predicted molar refractivity (Wildman–Crippen MR) is 134 cm³/mol. The Balaban J connectivity index is 2.10. The number of thiocarbonyl (C=S) groups is 1. The molecule has 2 atom stereocenters. The first kappa shape index (κ1) is 26.3. The van der Waals surface area contributed by atoms with Crippen LogP contribution in [0.15, 0.2) is 60.7 Å². The number of esters is 1. The summed E-state index contributed by atoms with van der Waals surface area (Å²) in [5, 5.41) is 5.97. The van der Waals surface area contributed by atoms with Crippen LogP contribution in [0.25, 0.3) is 0 Å². The van der Waals surface area contributed by atoms with E-state index in [4.69, 9.17) is 21.7 Å². The lowest BCUT2D eigenvalue weighted by molar-refractivity contribution is -0.148. The Kier molecular flexibility index (Phi) is 9.85. The molecule has 2 rings (SSSR count). The Hall–Kier alpha value is -2.93. The number of hydrogen-bond acceptors (Lipinski definition) is 5. The van der Waals surface area contributed by atoms with Gasteiger partial charge in [-0.05, 0) is 44.2 Å². The number of rotatable bonds is 9. The van der Waals surface area contributed by atoms with E-state index in [1.54, 1.807) is 20.8 Å². The molecule has 0 saturated heterocycles. The largest absolute Gasteiger partial charge is 0.459 e. The summed E-state index contributed by atoms with van der Waals surface area (Å²) in [6, 6.07) is 18.0. The van der Waals surface area contributed by atoms with Crippen LogP contribution in [0.3, 0.4) is 0 Å². The van der Waals surface area contributed by atoms with Gasteiger partial charge >= 0.3 is 12.1 Å². The zero-order valence-corrected chi connectivity index (χ0v) is 20.8. The maximum atomic E-state index is 12.8. The lowest BCUT2D eigenvalue weighted by atomic mass is 10.0. The summed E-state index contributed by atoms with van der Waals surface area (Å²) in [6.45, 7) is 9.41. The van der Waals surface area contributed by atoms with E-state index in [2.05, 4.69) is 10.6 Å². The average molecular weight is 471 g/mol. The first-order valence-electron chi connectivity index (χ1n) is 11.1. The normalized spacial score (nSPS) is 13.0. The third kappa shape index (κ3) is 9.61. The Bertz CT molecular complexity index is 911. The Morgan fingerprint density at radius 3 is 1.97 bits per heavy atom. The second kappa shape index (κ2) is 12.3.